The molecule has 0 aromatic rings. The molecular formula is C49H89NO9. The van der Waals surface area contributed by atoms with Crippen LogP contribution in [0.4, 0.5) is 4.79 Å². The van der Waals surface area contributed by atoms with Crippen LogP contribution in [0.3, 0.4) is 0 Å². The lowest BCUT2D eigenvalue weighted by molar-refractivity contribution is -0.167. The van der Waals surface area contributed by atoms with Gasteiger partial charge in [0.1, 0.15) is 19.3 Å². The van der Waals surface area contributed by atoms with Crippen LogP contribution in [0, 0.1) is 0 Å². The summed E-state index contributed by atoms with van der Waals surface area (Å²) in [6.07, 6.45) is 32.9. The van der Waals surface area contributed by atoms with Gasteiger partial charge in [0.25, 0.3) is 0 Å². The van der Waals surface area contributed by atoms with Gasteiger partial charge in [0.15, 0.2) is 6.10 Å². The number of carbonyl (C=O) groups is 4. The lowest BCUT2D eigenvalue weighted by Crippen LogP contribution is -2.31. The average molecular weight is 836 g/mol. The van der Waals surface area contributed by atoms with E-state index in [1.807, 2.05) is 0 Å². The van der Waals surface area contributed by atoms with Crippen LogP contribution >= 0.6 is 0 Å². The molecule has 10 nitrogen and oxygen atoms in total. The van der Waals surface area contributed by atoms with E-state index in [4.69, 9.17) is 23.7 Å². The summed E-state index contributed by atoms with van der Waals surface area (Å²) in [6, 6.07) is 0. The van der Waals surface area contributed by atoms with E-state index in [1.165, 1.54) is 38.5 Å². The molecule has 0 heterocycles. The van der Waals surface area contributed by atoms with Crippen LogP contribution in [0.2, 0.25) is 0 Å². The minimum absolute atomic E-state index is 0.00464. The first kappa shape index (κ1) is 56.1. The first-order valence-electron chi connectivity index (χ1n) is 24.2. The summed E-state index contributed by atoms with van der Waals surface area (Å²) in [6.45, 7) is 13.4. The summed E-state index contributed by atoms with van der Waals surface area (Å²) in [7, 11) is 0. The van der Waals surface area contributed by atoms with Crippen molar-refractivity contribution in [3.05, 3.63) is 24.3 Å². The number of nitrogens with zero attached hydrogens (tertiary/aromatic N) is 1. The molecule has 0 rings (SSSR count). The Bertz CT molecular complexity index is 1030. The quantitative estimate of drug-likeness (QED) is 0.0254. The Balaban J connectivity index is 5.06. The molecule has 0 bridgehead atoms. The normalized spacial score (nSPS) is 12.1. The highest BCUT2D eigenvalue weighted by atomic mass is 16.7. The van der Waals surface area contributed by atoms with E-state index < -0.39 is 24.3 Å². The van der Waals surface area contributed by atoms with E-state index in [-0.39, 0.29) is 44.6 Å². The predicted octanol–water partition coefficient (Wildman–Crippen LogP) is 12.9. The fourth-order valence-electron chi connectivity index (χ4n) is 6.68. The Morgan fingerprint density at radius 1 is 0.458 bits per heavy atom. The summed E-state index contributed by atoms with van der Waals surface area (Å²) in [5, 5.41) is 0. The zero-order valence-electron chi connectivity index (χ0n) is 38.6. The third-order valence-electron chi connectivity index (χ3n) is 10.5. The fourth-order valence-corrected chi connectivity index (χ4v) is 6.68. The van der Waals surface area contributed by atoms with Gasteiger partial charge in [0.2, 0.25) is 0 Å². The minimum atomic E-state index is -0.918. The first-order valence-corrected chi connectivity index (χ1v) is 24.2. The molecule has 0 N–H and O–H groups in total. The Labute approximate surface area is 361 Å². The maximum atomic E-state index is 13.1. The van der Waals surface area contributed by atoms with Crippen LogP contribution in [0.1, 0.15) is 214 Å². The van der Waals surface area contributed by atoms with Crippen molar-refractivity contribution in [2.24, 2.45) is 0 Å². The van der Waals surface area contributed by atoms with Crippen molar-refractivity contribution >= 4 is 24.1 Å². The van der Waals surface area contributed by atoms with E-state index >= 15 is 0 Å². The van der Waals surface area contributed by atoms with Gasteiger partial charge in [-0.1, -0.05) is 149 Å². The third-order valence-corrected chi connectivity index (χ3v) is 10.5. The van der Waals surface area contributed by atoms with Crippen molar-refractivity contribution in [1.29, 1.82) is 0 Å². The number of carbonyl (C=O) groups excluding carboxylic acids is 4. The number of unbranched alkanes of at least 4 members (excludes halogenated alkanes) is 17. The molecule has 0 amide bonds. The van der Waals surface area contributed by atoms with Gasteiger partial charge >= 0.3 is 24.1 Å². The fraction of sp³-hybridized carbons (Fsp3) is 0.837. The molecule has 0 saturated carbocycles. The molecule has 0 aliphatic heterocycles. The molecule has 59 heavy (non-hydrogen) atoms. The summed E-state index contributed by atoms with van der Waals surface area (Å²) in [5.74, 6) is -1.25. The lowest BCUT2D eigenvalue weighted by atomic mass is 10.0. The minimum Gasteiger partial charge on any atom is -0.462 e. The summed E-state index contributed by atoms with van der Waals surface area (Å²) in [4.78, 5) is 53.0. The second-order valence-electron chi connectivity index (χ2n) is 15.9. The van der Waals surface area contributed by atoms with Gasteiger partial charge in [-0.15, -0.1) is 0 Å². The number of hydrogen-bond donors (Lipinski definition) is 0. The zero-order valence-corrected chi connectivity index (χ0v) is 38.6. The maximum Gasteiger partial charge on any atom is 0.508 e. The number of ether oxygens (including phenoxy) is 5. The molecule has 10 heteroatoms. The van der Waals surface area contributed by atoms with Crippen LogP contribution < -0.4 is 0 Å². The van der Waals surface area contributed by atoms with Gasteiger partial charge in [0, 0.05) is 25.8 Å². The Morgan fingerprint density at radius 2 is 0.949 bits per heavy atom. The first-order chi connectivity index (χ1) is 28.8. The molecule has 0 aliphatic rings. The van der Waals surface area contributed by atoms with E-state index in [9.17, 15) is 19.2 Å². The number of esters is 3. The standard InChI is InChI=1S/C49H89NO9/c1-6-11-14-17-18-19-20-21-22-23-24-25-26-27-30-31-35-44(59-49(54)55-41-34-40-50(9-4)10-5)38-39-48(53)58-45(42-56-46(51)36-32-28-15-12-7-2)43-57-47(52)37-33-29-16-13-8-3/h18-19,21-22,44-45H,6-17,20,23-43H2,1-5H3. The van der Waals surface area contributed by atoms with Gasteiger partial charge < -0.3 is 28.6 Å². The van der Waals surface area contributed by atoms with Crippen LogP contribution in [0.25, 0.3) is 0 Å². The zero-order chi connectivity index (χ0) is 43.4. The van der Waals surface area contributed by atoms with Gasteiger partial charge in [-0.3, -0.25) is 14.4 Å². The molecular weight excluding hydrogens is 747 g/mol. The highest BCUT2D eigenvalue weighted by molar-refractivity contribution is 5.71. The van der Waals surface area contributed by atoms with Gasteiger partial charge in [-0.25, -0.2) is 4.79 Å². The van der Waals surface area contributed by atoms with Crippen LogP contribution in [-0.2, 0) is 38.1 Å². The average Bonchev–Trinajstić information content (AvgIpc) is 3.23. The van der Waals surface area contributed by atoms with E-state index in [2.05, 4.69) is 63.8 Å². The van der Waals surface area contributed by atoms with Crippen molar-refractivity contribution in [1.82, 2.24) is 4.90 Å². The van der Waals surface area contributed by atoms with Crippen molar-refractivity contribution in [2.45, 2.75) is 227 Å². The molecule has 0 aromatic heterocycles. The molecule has 0 saturated heterocycles. The topological polar surface area (TPSA) is 118 Å². The third kappa shape index (κ3) is 39.0. The molecule has 344 valence electrons. The molecule has 1 unspecified atom stereocenters. The van der Waals surface area contributed by atoms with E-state index in [1.54, 1.807) is 0 Å². The largest absolute Gasteiger partial charge is 0.508 e. The predicted molar refractivity (Wildman–Crippen MR) is 240 cm³/mol. The van der Waals surface area contributed by atoms with Crippen molar-refractivity contribution in [2.75, 3.05) is 39.5 Å². The van der Waals surface area contributed by atoms with Gasteiger partial charge in [0.05, 0.1) is 6.61 Å². The van der Waals surface area contributed by atoms with Crippen molar-refractivity contribution < 1.29 is 42.9 Å². The SMILES string of the molecule is CCCCCC=CCC=CCCCCCCCCC(CCC(=O)OC(COC(=O)CCCCCCC)COC(=O)CCCCCCC)OC(=O)OCCCN(CC)CC. The molecule has 0 aromatic carbocycles. The van der Waals surface area contributed by atoms with Crippen LogP contribution in [-0.4, -0.2) is 80.6 Å². The molecule has 0 spiro atoms. The Hall–Kier alpha value is -2.88. The molecule has 0 fully saturated rings. The highest BCUT2D eigenvalue weighted by Crippen LogP contribution is 2.17. The maximum absolute atomic E-state index is 13.1. The second kappa shape index (κ2) is 43.2. The molecule has 1 atom stereocenters. The summed E-state index contributed by atoms with van der Waals surface area (Å²) in [5.41, 5.74) is 0. The number of rotatable bonds is 42. The van der Waals surface area contributed by atoms with Crippen molar-refractivity contribution in [3.8, 4) is 0 Å². The van der Waals surface area contributed by atoms with E-state index in [0.717, 1.165) is 122 Å². The Morgan fingerprint density at radius 3 is 1.51 bits per heavy atom. The van der Waals surface area contributed by atoms with Crippen molar-refractivity contribution in [3.63, 3.8) is 0 Å². The summed E-state index contributed by atoms with van der Waals surface area (Å²) >= 11 is 0. The second-order valence-corrected chi connectivity index (χ2v) is 15.9. The van der Waals surface area contributed by atoms with Crippen LogP contribution in [0.15, 0.2) is 24.3 Å². The molecule has 0 aliphatic carbocycles. The lowest BCUT2D eigenvalue weighted by Gasteiger charge is -2.20. The Kier molecular flexibility index (Phi) is 41.1. The van der Waals surface area contributed by atoms with Gasteiger partial charge in [-0.2, -0.15) is 0 Å². The number of hydrogen-bond acceptors (Lipinski definition) is 10. The van der Waals surface area contributed by atoms with E-state index in [0.29, 0.717) is 25.7 Å². The van der Waals surface area contributed by atoms with Crippen LogP contribution in [0.5, 0.6) is 0 Å². The van der Waals surface area contributed by atoms with Gasteiger partial charge in [-0.05, 0) is 83.7 Å². The molecule has 0 radical (unpaired) electrons. The highest BCUT2D eigenvalue weighted by Gasteiger charge is 2.22. The number of allylic oxidation sites excluding steroid dienone is 4. The monoisotopic (exact) mass is 836 g/mol. The summed E-state index contributed by atoms with van der Waals surface area (Å²) < 4.78 is 27.8. The smallest absolute Gasteiger partial charge is 0.462 e.